The molecule has 26 heavy (non-hydrogen) atoms. The van der Waals surface area contributed by atoms with Crippen LogP contribution in [0.5, 0.6) is 0 Å². The van der Waals surface area contributed by atoms with Crippen LogP contribution in [0.25, 0.3) is 11.5 Å². The number of aromatic nitrogens is 2. The van der Waals surface area contributed by atoms with Crippen molar-refractivity contribution in [2.45, 2.75) is 32.2 Å². The van der Waals surface area contributed by atoms with E-state index in [0.717, 1.165) is 10.0 Å². The molecule has 1 aliphatic heterocycles. The molecule has 0 bridgehead atoms. The number of rotatable bonds is 6. The zero-order valence-electron chi connectivity index (χ0n) is 14.3. The van der Waals surface area contributed by atoms with Gasteiger partial charge in [0, 0.05) is 16.5 Å². The summed E-state index contributed by atoms with van der Waals surface area (Å²) in [5.74, 6) is 0.758. The molecule has 0 radical (unpaired) electrons. The summed E-state index contributed by atoms with van der Waals surface area (Å²) in [4.78, 5) is 16.7. The van der Waals surface area contributed by atoms with Crippen molar-refractivity contribution in [3.63, 3.8) is 0 Å². The molecule has 0 aliphatic carbocycles. The highest BCUT2D eigenvalue weighted by atomic mass is 79.9. The molecule has 140 valence electrons. The van der Waals surface area contributed by atoms with Gasteiger partial charge in [-0.2, -0.15) is 4.98 Å². The number of hydrogen-bond acceptors (Lipinski definition) is 6. The highest BCUT2D eigenvalue weighted by Gasteiger charge is 2.30. The Balaban J connectivity index is 1.65. The lowest BCUT2D eigenvalue weighted by Crippen LogP contribution is -2.30. The summed E-state index contributed by atoms with van der Waals surface area (Å²) in [5.41, 5.74) is 0.787. The van der Waals surface area contributed by atoms with Gasteiger partial charge in [0.25, 0.3) is 5.89 Å². The summed E-state index contributed by atoms with van der Waals surface area (Å²) in [6, 6.07) is 7.14. The molecular weight excluding hydrogens is 422 g/mol. The number of halogens is 1. The number of carbonyl (C=O) groups is 1. The Hall–Kier alpha value is -1.74. The summed E-state index contributed by atoms with van der Waals surface area (Å²) < 4.78 is 29.3. The summed E-state index contributed by atoms with van der Waals surface area (Å²) >= 11 is 3.40. The van der Waals surface area contributed by atoms with Gasteiger partial charge in [-0.15, -0.1) is 0 Å². The maximum absolute atomic E-state index is 12.3. The van der Waals surface area contributed by atoms with E-state index in [2.05, 4.69) is 31.4 Å². The number of hydrogen-bond donors (Lipinski definition) is 1. The van der Waals surface area contributed by atoms with E-state index < -0.39 is 9.84 Å². The van der Waals surface area contributed by atoms with E-state index >= 15 is 0 Å². The zero-order valence-corrected chi connectivity index (χ0v) is 16.7. The second kappa shape index (κ2) is 7.87. The topological polar surface area (TPSA) is 102 Å². The second-order valence-electron chi connectivity index (χ2n) is 6.47. The average Bonchev–Trinajstić information content (AvgIpc) is 3.19. The molecule has 1 N–H and O–H groups in total. The molecule has 2 heterocycles. The lowest BCUT2D eigenvalue weighted by molar-refractivity contribution is -0.122. The van der Waals surface area contributed by atoms with Crippen LogP contribution in [0.1, 0.15) is 38.1 Å². The van der Waals surface area contributed by atoms with Gasteiger partial charge in [-0.05, 0) is 37.0 Å². The molecule has 0 saturated carbocycles. The Kier molecular flexibility index (Phi) is 5.76. The maximum atomic E-state index is 12.3. The minimum Gasteiger partial charge on any atom is -0.346 e. The largest absolute Gasteiger partial charge is 0.346 e. The van der Waals surface area contributed by atoms with Crippen LogP contribution in [-0.4, -0.2) is 36.0 Å². The van der Waals surface area contributed by atoms with E-state index in [4.69, 9.17) is 4.52 Å². The van der Waals surface area contributed by atoms with Crippen LogP contribution in [0.3, 0.4) is 0 Å². The molecule has 1 fully saturated rings. The Labute approximate surface area is 160 Å². The van der Waals surface area contributed by atoms with E-state index in [9.17, 15) is 13.2 Å². The quantitative estimate of drug-likeness (QED) is 0.738. The monoisotopic (exact) mass is 441 g/mol. The highest BCUT2D eigenvalue weighted by molar-refractivity contribution is 9.10. The first-order valence-corrected chi connectivity index (χ1v) is 11.1. The van der Waals surface area contributed by atoms with Gasteiger partial charge < -0.3 is 9.84 Å². The van der Waals surface area contributed by atoms with E-state index in [1.165, 1.54) is 0 Å². The first-order valence-electron chi connectivity index (χ1n) is 8.45. The van der Waals surface area contributed by atoms with Crippen LogP contribution in [0.4, 0.5) is 0 Å². The molecule has 1 saturated heterocycles. The standard InChI is InChI=1S/C17H20BrN3O4S/c1-2-14(19-15(22)8-11-6-7-26(23,24)10-11)16-20-17(25-21-16)12-4-3-5-13(18)9-12/h3-5,9,11,14H,2,6-8,10H2,1H3,(H,19,22)/t11-,14-/m1/s1. The Morgan fingerprint density at radius 2 is 2.27 bits per heavy atom. The first-order chi connectivity index (χ1) is 12.4. The van der Waals surface area contributed by atoms with Crippen molar-refractivity contribution < 1.29 is 17.7 Å². The Morgan fingerprint density at radius 1 is 1.46 bits per heavy atom. The zero-order chi connectivity index (χ0) is 18.7. The van der Waals surface area contributed by atoms with Crippen molar-refractivity contribution in [2.24, 2.45) is 5.92 Å². The molecule has 1 aromatic carbocycles. The van der Waals surface area contributed by atoms with Crippen LogP contribution in [0.2, 0.25) is 0 Å². The fraction of sp³-hybridized carbons (Fsp3) is 0.471. The molecule has 0 unspecified atom stereocenters. The van der Waals surface area contributed by atoms with Crippen molar-refractivity contribution in [1.29, 1.82) is 0 Å². The molecular formula is C17H20BrN3O4S. The lowest BCUT2D eigenvalue weighted by atomic mass is 10.0. The third-order valence-corrected chi connectivity index (χ3v) is 6.70. The van der Waals surface area contributed by atoms with Gasteiger partial charge in [0.05, 0.1) is 17.5 Å². The van der Waals surface area contributed by atoms with Crippen molar-refractivity contribution >= 4 is 31.7 Å². The molecule has 1 aliphatic rings. The van der Waals surface area contributed by atoms with Gasteiger partial charge >= 0.3 is 0 Å². The van der Waals surface area contributed by atoms with Gasteiger partial charge in [-0.1, -0.05) is 34.1 Å². The minimum atomic E-state index is -2.98. The van der Waals surface area contributed by atoms with Gasteiger partial charge in [-0.3, -0.25) is 4.79 Å². The predicted molar refractivity (Wildman–Crippen MR) is 100.0 cm³/mol. The van der Waals surface area contributed by atoms with Crippen molar-refractivity contribution in [3.8, 4) is 11.5 Å². The molecule has 1 aromatic heterocycles. The summed E-state index contributed by atoms with van der Waals surface area (Å²) in [5, 5.41) is 6.87. The van der Waals surface area contributed by atoms with Gasteiger partial charge in [0.15, 0.2) is 15.7 Å². The van der Waals surface area contributed by atoms with E-state index in [1.807, 2.05) is 31.2 Å². The molecule has 2 atom stereocenters. The SMILES string of the molecule is CC[C@@H](NC(=O)C[C@H]1CCS(=O)(=O)C1)c1noc(-c2cccc(Br)c2)n1. The summed E-state index contributed by atoms with van der Waals surface area (Å²) in [6.07, 6.45) is 1.35. The molecule has 1 amide bonds. The second-order valence-corrected chi connectivity index (χ2v) is 9.61. The van der Waals surface area contributed by atoms with Gasteiger partial charge in [-0.25, -0.2) is 8.42 Å². The van der Waals surface area contributed by atoms with Gasteiger partial charge in [0.1, 0.15) is 0 Å². The van der Waals surface area contributed by atoms with Crippen LogP contribution in [-0.2, 0) is 14.6 Å². The highest BCUT2D eigenvalue weighted by Crippen LogP contribution is 2.25. The number of benzene rings is 1. The lowest BCUT2D eigenvalue weighted by Gasteiger charge is -2.14. The van der Waals surface area contributed by atoms with E-state index in [-0.39, 0.29) is 35.8 Å². The Bertz CT molecular complexity index is 897. The Morgan fingerprint density at radius 3 is 2.92 bits per heavy atom. The smallest absolute Gasteiger partial charge is 0.258 e. The molecule has 0 spiro atoms. The predicted octanol–water partition coefficient (Wildman–Crippen LogP) is 2.89. The number of nitrogens with one attached hydrogen (secondary N) is 1. The van der Waals surface area contributed by atoms with Crippen LogP contribution in [0, 0.1) is 5.92 Å². The van der Waals surface area contributed by atoms with Crippen LogP contribution < -0.4 is 5.32 Å². The third-order valence-electron chi connectivity index (χ3n) is 4.37. The first kappa shape index (κ1) is 19.0. The van der Waals surface area contributed by atoms with Crippen molar-refractivity contribution in [2.75, 3.05) is 11.5 Å². The number of carbonyl (C=O) groups excluding carboxylic acids is 1. The van der Waals surface area contributed by atoms with Crippen LogP contribution >= 0.6 is 15.9 Å². The van der Waals surface area contributed by atoms with Crippen molar-refractivity contribution in [1.82, 2.24) is 15.5 Å². The molecule has 3 rings (SSSR count). The van der Waals surface area contributed by atoms with Gasteiger partial charge in [0.2, 0.25) is 5.91 Å². The molecule has 2 aromatic rings. The fourth-order valence-corrected chi connectivity index (χ4v) is 5.27. The average molecular weight is 442 g/mol. The van der Waals surface area contributed by atoms with Crippen LogP contribution in [0.15, 0.2) is 33.3 Å². The molecule has 9 heteroatoms. The normalized spacial score (nSPS) is 20.0. The van der Waals surface area contributed by atoms with Crippen molar-refractivity contribution in [3.05, 3.63) is 34.6 Å². The number of amides is 1. The fourth-order valence-electron chi connectivity index (χ4n) is 3.01. The molecule has 7 nitrogen and oxygen atoms in total. The van der Waals surface area contributed by atoms with E-state index in [1.54, 1.807) is 0 Å². The summed E-state index contributed by atoms with van der Waals surface area (Å²) in [7, 11) is -2.98. The summed E-state index contributed by atoms with van der Waals surface area (Å²) in [6.45, 7) is 1.92. The minimum absolute atomic E-state index is 0.0897. The maximum Gasteiger partial charge on any atom is 0.258 e. The third kappa shape index (κ3) is 4.70. The van der Waals surface area contributed by atoms with E-state index in [0.29, 0.717) is 24.6 Å². The number of nitrogens with zero attached hydrogens (tertiary/aromatic N) is 2. The number of sulfone groups is 1.